The second-order valence-corrected chi connectivity index (χ2v) is 6.37. The average Bonchev–Trinajstić information content (AvgIpc) is 3.36. The fourth-order valence-electron chi connectivity index (χ4n) is 2.63. The molecule has 1 aliphatic rings. The molecule has 128 valence electrons. The number of hydrogen-bond donors (Lipinski definition) is 1. The van der Waals surface area contributed by atoms with Gasteiger partial charge in [-0.2, -0.15) is 4.98 Å². The molecule has 0 radical (unpaired) electrons. The van der Waals surface area contributed by atoms with Gasteiger partial charge in [-0.25, -0.2) is 15.0 Å². The number of nitrogens with zero attached hydrogens (tertiary/aromatic N) is 6. The highest BCUT2D eigenvalue weighted by molar-refractivity contribution is 7.13. The minimum Gasteiger partial charge on any atom is -0.369 e. The predicted octanol–water partition coefficient (Wildman–Crippen LogP) is 1.94. The van der Waals surface area contributed by atoms with Crippen molar-refractivity contribution < 1.29 is 9.32 Å². The van der Waals surface area contributed by atoms with Crippen molar-refractivity contribution in [3.8, 4) is 11.5 Å². The Hall–Kier alpha value is -2.88. The zero-order chi connectivity index (χ0) is 17.2. The molecule has 0 saturated carbocycles. The van der Waals surface area contributed by atoms with Crippen molar-refractivity contribution >= 4 is 28.2 Å². The number of carbonyl (C=O) groups is 1. The summed E-state index contributed by atoms with van der Waals surface area (Å²) in [5.74, 6) is 1.35. The fraction of sp³-hybridized carbons (Fsp3) is 0.333. The van der Waals surface area contributed by atoms with Crippen LogP contribution in [0.4, 0.5) is 10.9 Å². The van der Waals surface area contributed by atoms with Crippen LogP contribution >= 0.6 is 11.3 Å². The van der Waals surface area contributed by atoms with E-state index in [9.17, 15) is 4.79 Å². The highest BCUT2D eigenvalue weighted by Crippen LogP contribution is 2.32. The summed E-state index contributed by atoms with van der Waals surface area (Å²) < 4.78 is 5.35. The van der Waals surface area contributed by atoms with Gasteiger partial charge in [0.2, 0.25) is 17.6 Å². The number of rotatable bonds is 5. The largest absolute Gasteiger partial charge is 0.369 e. The van der Waals surface area contributed by atoms with E-state index in [1.807, 2.05) is 12.3 Å². The Morgan fingerprint density at radius 2 is 2.28 bits per heavy atom. The fourth-order valence-corrected chi connectivity index (χ4v) is 3.30. The van der Waals surface area contributed by atoms with Gasteiger partial charge in [0.15, 0.2) is 5.13 Å². The lowest BCUT2D eigenvalue weighted by molar-refractivity contribution is -0.117. The summed E-state index contributed by atoms with van der Waals surface area (Å²) in [7, 11) is 0. The Labute approximate surface area is 147 Å². The number of amides is 1. The second-order valence-electron chi connectivity index (χ2n) is 5.49. The van der Waals surface area contributed by atoms with Gasteiger partial charge in [0.1, 0.15) is 11.5 Å². The molecule has 1 aliphatic heterocycles. The summed E-state index contributed by atoms with van der Waals surface area (Å²) >= 11 is 1.43. The molecule has 1 atom stereocenters. The number of hydrogen-bond acceptors (Lipinski definition) is 9. The molecule has 3 aromatic rings. The normalized spacial score (nSPS) is 17.2. The van der Waals surface area contributed by atoms with Crippen molar-refractivity contribution in [1.82, 2.24) is 25.1 Å². The SMILES string of the molecule is CCNc1cnc(-c2noc(C3CC(=O)N(c4nccs4)C3)n2)cn1. The minimum absolute atomic E-state index is 0.00878. The molecule has 3 aromatic heterocycles. The van der Waals surface area contributed by atoms with E-state index in [0.29, 0.717) is 41.3 Å². The monoisotopic (exact) mass is 357 g/mol. The summed E-state index contributed by atoms with van der Waals surface area (Å²) in [5, 5.41) is 9.58. The van der Waals surface area contributed by atoms with Crippen LogP contribution in [0.3, 0.4) is 0 Å². The molecule has 1 N–H and O–H groups in total. The second kappa shape index (κ2) is 6.55. The first-order chi connectivity index (χ1) is 12.2. The summed E-state index contributed by atoms with van der Waals surface area (Å²) in [6.07, 6.45) is 5.22. The molecule has 25 heavy (non-hydrogen) atoms. The van der Waals surface area contributed by atoms with Gasteiger partial charge >= 0.3 is 0 Å². The van der Waals surface area contributed by atoms with Crippen LogP contribution < -0.4 is 10.2 Å². The minimum atomic E-state index is -0.147. The van der Waals surface area contributed by atoms with Gasteiger partial charge in [-0.05, 0) is 6.92 Å². The van der Waals surface area contributed by atoms with Crippen LogP contribution in [0.25, 0.3) is 11.5 Å². The third kappa shape index (κ3) is 3.07. The van der Waals surface area contributed by atoms with Crippen molar-refractivity contribution in [2.45, 2.75) is 19.3 Å². The molecule has 1 fully saturated rings. The number of anilines is 2. The molecule has 0 aromatic carbocycles. The number of aromatic nitrogens is 5. The molecular weight excluding hydrogens is 342 g/mol. The molecule has 0 aliphatic carbocycles. The molecule has 0 spiro atoms. The van der Waals surface area contributed by atoms with E-state index in [0.717, 1.165) is 6.54 Å². The number of carbonyl (C=O) groups excluding carboxylic acids is 1. The first-order valence-electron chi connectivity index (χ1n) is 7.84. The predicted molar refractivity (Wildman–Crippen MR) is 91.3 cm³/mol. The van der Waals surface area contributed by atoms with Gasteiger partial charge < -0.3 is 9.84 Å². The Balaban J connectivity index is 1.51. The van der Waals surface area contributed by atoms with Gasteiger partial charge in [0.25, 0.3) is 0 Å². The molecule has 1 unspecified atom stereocenters. The molecule has 10 heteroatoms. The quantitative estimate of drug-likeness (QED) is 0.737. The topological polar surface area (TPSA) is 110 Å². The lowest BCUT2D eigenvalue weighted by Crippen LogP contribution is -2.23. The number of nitrogens with one attached hydrogen (secondary N) is 1. The summed E-state index contributed by atoms with van der Waals surface area (Å²) in [5.41, 5.74) is 0.526. The van der Waals surface area contributed by atoms with E-state index in [2.05, 4.69) is 30.4 Å². The standard InChI is InChI=1S/C15H15N7O2S/c1-2-16-11-7-18-10(6-19-11)13-20-14(24-21-13)9-5-12(23)22(8-9)15-17-3-4-25-15/h3-4,6-7,9H,2,5,8H2,1H3,(H,16,19). The van der Waals surface area contributed by atoms with Crippen LogP contribution in [0.2, 0.25) is 0 Å². The van der Waals surface area contributed by atoms with Crippen molar-refractivity contribution in [1.29, 1.82) is 0 Å². The first kappa shape index (κ1) is 15.6. The van der Waals surface area contributed by atoms with Crippen LogP contribution in [0.15, 0.2) is 28.5 Å². The Kier molecular flexibility index (Phi) is 4.10. The van der Waals surface area contributed by atoms with Crippen molar-refractivity contribution in [3.05, 3.63) is 29.9 Å². The van der Waals surface area contributed by atoms with E-state index in [-0.39, 0.29) is 11.8 Å². The maximum atomic E-state index is 12.2. The molecule has 1 saturated heterocycles. The van der Waals surface area contributed by atoms with Crippen LogP contribution in [0.5, 0.6) is 0 Å². The van der Waals surface area contributed by atoms with Gasteiger partial charge in [-0.3, -0.25) is 9.69 Å². The molecule has 4 rings (SSSR count). The van der Waals surface area contributed by atoms with Crippen LogP contribution in [0.1, 0.15) is 25.2 Å². The third-order valence-corrected chi connectivity index (χ3v) is 4.60. The molecular formula is C15H15N7O2S. The number of thiazole rings is 1. The van der Waals surface area contributed by atoms with E-state index >= 15 is 0 Å². The summed E-state index contributed by atoms with van der Waals surface area (Å²) in [4.78, 5) is 31.0. The third-order valence-electron chi connectivity index (χ3n) is 3.81. The molecule has 0 bridgehead atoms. The van der Waals surface area contributed by atoms with E-state index < -0.39 is 0 Å². The smallest absolute Gasteiger partial charge is 0.232 e. The molecule has 1 amide bonds. The Bertz CT molecular complexity index is 862. The van der Waals surface area contributed by atoms with Crippen LogP contribution in [-0.2, 0) is 4.79 Å². The average molecular weight is 357 g/mol. The molecule has 4 heterocycles. The zero-order valence-corrected chi connectivity index (χ0v) is 14.2. The van der Waals surface area contributed by atoms with E-state index in [4.69, 9.17) is 4.52 Å². The van der Waals surface area contributed by atoms with Crippen LogP contribution in [-0.4, -0.2) is 44.1 Å². The van der Waals surface area contributed by atoms with Crippen molar-refractivity contribution in [2.75, 3.05) is 23.3 Å². The van der Waals surface area contributed by atoms with Gasteiger partial charge in [-0.1, -0.05) is 5.16 Å². The lowest BCUT2D eigenvalue weighted by Gasteiger charge is -2.11. The van der Waals surface area contributed by atoms with Crippen molar-refractivity contribution in [2.24, 2.45) is 0 Å². The maximum absolute atomic E-state index is 12.2. The molecule has 9 nitrogen and oxygen atoms in total. The van der Waals surface area contributed by atoms with E-state index in [1.54, 1.807) is 23.5 Å². The Morgan fingerprint density at radius 1 is 1.36 bits per heavy atom. The highest BCUT2D eigenvalue weighted by atomic mass is 32.1. The van der Waals surface area contributed by atoms with Gasteiger partial charge in [0.05, 0.1) is 18.3 Å². The zero-order valence-electron chi connectivity index (χ0n) is 13.4. The highest BCUT2D eigenvalue weighted by Gasteiger charge is 2.36. The first-order valence-corrected chi connectivity index (χ1v) is 8.72. The maximum Gasteiger partial charge on any atom is 0.232 e. The van der Waals surface area contributed by atoms with Crippen LogP contribution in [0, 0.1) is 0 Å². The van der Waals surface area contributed by atoms with Crippen molar-refractivity contribution in [3.63, 3.8) is 0 Å². The van der Waals surface area contributed by atoms with Gasteiger partial charge in [0, 0.05) is 31.1 Å². The van der Waals surface area contributed by atoms with E-state index in [1.165, 1.54) is 11.3 Å². The summed E-state index contributed by atoms with van der Waals surface area (Å²) in [6.45, 7) is 3.24. The summed E-state index contributed by atoms with van der Waals surface area (Å²) in [6, 6.07) is 0. The lowest BCUT2D eigenvalue weighted by atomic mass is 10.1. The Morgan fingerprint density at radius 3 is 3.00 bits per heavy atom. The van der Waals surface area contributed by atoms with Gasteiger partial charge in [-0.15, -0.1) is 11.3 Å².